The number of furan rings is 1. The van der Waals surface area contributed by atoms with Gasteiger partial charge in [-0.15, -0.1) is 24.0 Å². The highest BCUT2D eigenvalue weighted by Gasteiger charge is 2.22. The largest absolute Gasteiger partial charge is 0.459 e. The van der Waals surface area contributed by atoms with E-state index in [0.717, 1.165) is 72.3 Å². The molecule has 7 nitrogen and oxygen atoms in total. The van der Waals surface area contributed by atoms with Gasteiger partial charge in [-0.2, -0.15) is 5.10 Å². The Morgan fingerprint density at radius 1 is 1.31 bits per heavy atom. The molecule has 0 spiro atoms. The minimum absolute atomic E-state index is 0. The maximum absolute atomic E-state index is 5.99. The van der Waals surface area contributed by atoms with E-state index in [1.807, 2.05) is 22.9 Å². The fourth-order valence-corrected chi connectivity index (χ4v) is 3.67. The van der Waals surface area contributed by atoms with Gasteiger partial charge >= 0.3 is 0 Å². The van der Waals surface area contributed by atoms with Gasteiger partial charge in [0, 0.05) is 36.4 Å². The standard InChI is InChI=1S/C21H28N6O.HI/c1-4-19-25-20-11-10-15(13-27(20)26-19)24-21(22-5-2)23-12-18-14(3)16-8-6-7-9-17(16)28-18;/h6-9,15H,4-5,10-13H2,1-3H3,(H2,22,23,24);1H. The van der Waals surface area contributed by atoms with Crippen molar-refractivity contribution in [1.29, 1.82) is 0 Å². The molecule has 2 N–H and O–H groups in total. The van der Waals surface area contributed by atoms with Crippen molar-refractivity contribution < 1.29 is 4.42 Å². The van der Waals surface area contributed by atoms with Crippen LogP contribution in [0.4, 0.5) is 0 Å². The van der Waals surface area contributed by atoms with Gasteiger partial charge in [-0.05, 0) is 26.3 Å². The minimum Gasteiger partial charge on any atom is -0.459 e. The molecule has 0 amide bonds. The van der Waals surface area contributed by atoms with E-state index < -0.39 is 0 Å². The van der Waals surface area contributed by atoms with Crippen molar-refractivity contribution in [3.05, 3.63) is 47.2 Å². The van der Waals surface area contributed by atoms with Crippen LogP contribution in [-0.2, 0) is 25.9 Å². The first-order chi connectivity index (χ1) is 13.7. The number of aryl methyl sites for hydroxylation is 3. The molecule has 1 unspecified atom stereocenters. The number of hydrogen-bond acceptors (Lipinski definition) is 4. The lowest BCUT2D eigenvalue weighted by Gasteiger charge is -2.25. The number of aromatic nitrogens is 3. The van der Waals surface area contributed by atoms with Crippen LogP contribution in [0.5, 0.6) is 0 Å². The SMILES string of the molecule is CCNC(=NCc1oc2ccccc2c1C)NC1CCc2nc(CC)nn2C1.I. The molecule has 0 saturated carbocycles. The van der Waals surface area contributed by atoms with E-state index in [4.69, 9.17) is 9.41 Å². The Hall–Kier alpha value is -2.10. The van der Waals surface area contributed by atoms with E-state index in [1.165, 1.54) is 0 Å². The molecule has 1 aliphatic heterocycles. The van der Waals surface area contributed by atoms with Gasteiger partial charge in [-0.3, -0.25) is 0 Å². The molecule has 1 aromatic carbocycles. The average Bonchev–Trinajstić information content (AvgIpc) is 3.27. The highest BCUT2D eigenvalue weighted by atomic mass is 127. The Balaban J connectivity index is 0.00000240. The summed E-state index contributed by atoms with van der Waals surface area (Å²) in [7, 11) is 0. The second-order valence-electron chi connectivity index (χ2n) is 7.20. The van der Waals surface area contributed by atoms with Crippen molar-refractivity contribution in [2.24, 2.45) is 4.99 Å². The molecular formula is C21H29IN6O. The number of rotatable bonds is 5. The molecular weight excluding hydrogens is 479 g/mol. The van der Waals surface area contributed by atoms with Gasteiger partial charge in [0.05, 0.1) is 6.54 Å². The summed E-state index contributed by atoms with van der Waals surface area (Å²) in [4.78, 5) is 9.36. The number of benzene rings is 1. The Kier molecular flexibility index (Phi) is 7.15. The lowest BCUT2D eigenvalue weighted by Crippen LogP contribution is -2.47. The van der Waals surface area contributed by atoms with Crippen LogP contribution in [-0.4, -0.2) is 33.3 Å². The molecule has 0 aliphatic carbocycles. The van der Waals surface area contributed by atoms with Crippen LogP contribution in [0.2, 0.25) is 0 Å². The maximum Gasteiger partial charge on any atom is 0.191 e. The highest BCUT2D eigenvalue weighted by molar-refractivity contribution is 14.0. The number of para-hydroxylation sites is 1. The summed E-state index contributed by atoms with van der Waals surface area (Å²) in [6.07, 6.45) is 2.84. The Morgan fingerprint density at radius 3 is 2.90 bits per heavy atom. The lowest BCUT2D eigenvalue weighted by molar-refractivity contribution is 0.392. The van der Waals surface area contributed by atoms with Gasteiger partial charge in [0.15, 0.2) is 11.8 Å². The summed E-state index contributed by atoms with van der Waals surface area (Å²) >= 11 is 0. The summed E-state index contributed by atoms with van der Waals surface area (Å²) in [5.41, 5.74) is 2.08. The second-order valence-corrected chi connectivity index (χ2v) is 7.20. The molecule has 0 bridgehead atoms. The van der Waals surface area contributed by atoms with Crippen molar-refractivity contribution in [3.8, 4) is 0 Å². The van der Waals surface area contributed by atoms with E-state index >= 15 is 0 Å². The second kappa shape index (κ2) is 9.60. The highest BCUT2D eigenvalue weighted by Crippen LogP contribution is 2.25. The Morgan fingerprint density at radius 2 is 2.14 bits per heavy atom. The van der Waals surface area contributed by atoms with Gasteiger partial charge in [0.1, 0.15) is 23.7 Å². The third-order valence-corrected chi connectivity index (χ3v) is 5.23. The van der Waals surface area contributed by atoms with Crippen molar-refractivity contribution in [2.75, 3.05) is 6.54 Å². The van der Waals surface area contributed by atoms with Crippen molar-refractivity contribution in [1.82, 2.24) is 25.4 Å². The van der Waals surface area contributed by atoms with Crippen molar-refractivity contribution >= 4 is 40.9 Å². The normalized spacial score (nSPS) is 16.4. The van der Waals surface area contributed by atoms with Crippen LogP contribution in [0, 0.1) is 6.92 Å². The van der Waals surface area contributed by atoms with Crippen LogP contribution in [0.1, 0.15) is 43.2 Å². The molecule has 0 radical (unpaired) electrons. The summed E-state index contributed by atoms with van der Waals surface area (Å²) in [5, 5.41) is 12.7. The lowest BCUT2D eigenvalue weighted by atomic mass is 10.1. The summed E-state index contributed by atoms with van der Waals surface area (Å²) in [6, 6.07) is 8.41. The topological polar surface area (TPSA) is 80.3 Å². The molecule has 1 aliphatic rings. The zero-order chi connectivity index (χ0) is 19.5. The van der Waals surface area contributed by atoms with Gasteiger partial charge in [0.25, 0.3) is 0 Å². The van der Waals surface area contributed by atoms with Crippen molar-refractivity contribution in [2.45, 2.75) is 59.2 Å². The number of halogens is 1. The number of fused-ring (bicyclic) bond motifs is 2. The number of hydrogen-bond donors (Lipinski definition) is 2. The zero-order valence-electron chi connectivity index (χ0n) is 17.2. The third-order valence-electron chi connectivity index (χ3n) is 5.23. The summed E-state index contributed by atoms with van der Waals surface area (Å²) in [5.74, 6) is 3.74. The summed E-state index contributed by atoms with van der Waals surface area (Å²) in [6.45, 7) is 8.40. The monoisotopic (exact) mass is 508 g/mol. The van der Waals surface area contributed by atoms with E-state index in [0.29, 0.717) is 6.54 Å². The molecule has 29 heavy (non-hydrogen) atoms. The van der Waals surface area contributed by atoms with Crippen LogP contribution in [0.25, 0.3) is 11.0 Å². The fourth-order valence-electron chi connectivity index (χ4n) is 3.67. The maximum atomic E-state index is 5.99. The number of aliphatic imine (C=N–C) groups is 1. The van der Waals surface area contributed by atoms with Crippen LogP contribution < -0.4 is 10.6 Å². The van der Waals surface area contributed by atoms with Crippen LogP contribution in [0.15, 0.2) is 33.7 Å². The molecule has 156 valence electrons. The molecule has 4 rings (SSSR count). The summed E-state index contributed by atoms with van der Waals surface area (Å²) < 4.78 is 8.03. The van der Waals surface area contributed by atoms with Gasteiger partial charge in [0.2, 0.25) is 0 Å². The smallest absolute Gasteiger partial charge is 0.191 e. The number of guanidine groups is 1. The Bertz CT molecular complexity index is 992. The Labute approximate surface area is 188 Å². The fraction of sp³-hybridized carbons (Fsp3) is 0.476. The van der Waals surface area contributed by atoms with E-state index in [2.05, 4.69) is 47.6 Å². The van der Waals surface area contributed by atoms with Crippen molar-refractivity contribution in [3.63, 3.8) is 0 Å². The predicted molar refractivity (Wildman–Crippen MR) is 126 cm³/mol. The first kappa shape index (κ1) is 21.6. The number of nitrogens with zero attached hydrogens (tertiary/aromatic N) is 4. The molecule has 0 saturated heterocycles. The van der Waals surface area contributed by atoms with Crippen LogP contribution >= 0.6 is 24.0 Å². The van der Waals surface area contributed by atoms with Gasteiger partial charge in [-0.25, -0.2) is 14.7 Å². The molecule has 8 heteroatoms. The van der Waals surface area contributed by atoms with Gasteiger partial charge in [-0.1, -0.05) is 25.1 Å². The zero-order valence-corrected chi connectivity index (χ0v) is 19.6. The molecule has 0 fully saturated rings. The predicted octanol–water partition coefficient (Wildman–Crippen LogP) is 3.58. The van der Waals surface area contributed by atoms with E-state index in [1.54, 1.807) is 0 Å². The van der Waals surface area contributed by atoms with E-state index in [-0.39, 0.29) is 30.0 Å². The average molecular weight is 508 g/mol. The minimum atomic E-state index is 0. The van der Waals surface area contributed by atoms with E-state index in [9.17, 15) is 0 Å². The number of nitrogens with one attached hydrogen (secondary N) is 2. The van der Waals surface area contributed by atoms with Gasteiger partial charge < -0.3 is 15.1 Å². The molecule has 1 atom stereocenters. The molecule has 3 heterocycles. The quantitative estimate of drug-likeness (QED) is 0.313. The molecule has 2 aromatic heterocycles. The molecule has 3 aromatic rings. The first-order valence-corrected chi connectivity index (χ1v) is 10.1. The first-order valence-electron chi connectivity index (χ1n) is 10.1. The van der Waals surface area contributed by atoms with Crippen LogP contribution in [0.3, 0.4) is 0 Å². The third kappa shape index (κ3) is 4.73.